The smallest absolute Gasteiger partial charge is 0.326 e. The molecule has 0 aromatic rings. The van der Waals surface area contributed by atoms with Gasteiger partial charge in [-0.05, 0) is 0 Å². The molecule has 0 bridgehead atoms. The molecule has 1 aliphatic rings. The quantitative estimate of drug-likeness (QED) is 0.316. The minimum atomic E-state index is -1.37. The summed E-state index contributed by atoms with van der Waals surface area (Å²) in [4.78, 5) is 10.8. The van der Waals surface area contributed by atoms with Gasteiger partial charge in [-0.1, -0.05) is 0 Å². The van der Waals surface area contributed by atoms with E-state index in [0.29, 0.717) is 0 Å². The first-order valence-electron chi connectivity index (χ1n) is 3.51. The Bertz CT molecular complexity index is 183. The predicted molar refractivity (Wildman–Crippen MR) is 37.0 cm³/mol. The zero-order valence-electron chi connectivity index (χ0n) is 6.25. The normalized spacial score (nSPS) is 42.5. The van der Waals surface area contributed by atoms with Crippen molar-refractivity contribution in [1.29, 1.82) is 0 Å². The first kappa shape index (κ1) is 9.40. The molecule has 6 heteroatoms. The zero-order chi connectivity index (χ0) is 9.30. The molecular weight excluding hydrogens is 166 g/mol. The van der Waals surface area contributed by atoms with E-state index in [-0.39, 0.29) is 0 Å². The molecule has 0 saturated carbocycles. The lowest BCUT2D eigenvalue weighted by Crippen LogP contribution is -2.59. The second-order valence-corrected chi connectivity index (χ2v) is 2.66. The number of carbonyl (C=O) groups is 1. The third kappa shape index (κ3) is 1.42. The van der Waals surface area contributed by atoms with E-state index < -0.39 is 36.9 Å². The highest BCUT2D eigenvalue weighted by molar-refractivity contribution is 5.77. The van der Waals surface area contributed by atoms with E-state index in [1.54, 1.807) is 0 Å². The van der Waals surface area contributed by atoms with Gasteiger partial charge in [-0.15, -0.1) is 0 Å². The lowest BCUT2D eigenvalue weighted by Gasteiger charge is -2.33. The molecule has 12 heavy (non-hydrogen) atoms. The van der Waals surface area contributed by atoms with Crippen LogP contribution in [0, 0.1) is 0 Å². The zero-order valence-corrected chi connectivity index (χ0v) is 6.25. The van der Waals surface area contributed by atoms with Crippen molar-refractivity contribution in [1.82, 2.24) is 0 Å². The molecule has 0 aliphatic carbocycles. The van der Waals surface area contributed by atoms with Crippen molar-refractivity contribution in [2.75, 3.05) is 6.61 Å². The number of aliphatic hydroxyl groups excluding tert-OH is 3. The minimum absolute atomic E-state index is 0.531. The fourth-order valence-electron chi connectivity index (χ4n) is 1.01. The van der Waals surface area contributed by atoms with Crippen LogP contribution in [-0.2, 0) is 9.53 Å². The van der Waals surface area contributed by atoms with Gasteiger partial charge in [-0.3, -0.25) is 4.79 Å². The number of hydrogen-bond donors (Lipinski definition) is 4. The lowest BCUT2D eigenvalue weighted by molar-refractivity contribution is -0.186. The van der Waals surface area contributed by atoms with Crippen molar-refractivity contribution >= 4 is 5.97 Å². The standard InChI is InChI=1S/C6H11NO5/c7-3-5(10)4(9)2(1-8)12-6(3)11/h2-5,8-10H,1,7H2/t2-,3-,4-,5-/m1/s1. The Hall–Kier alpha value is -0.690. The summed E-state index contributed by atoms with van der Waals surface area (Å²) in [7, 11) is 0. The SMILES string of the molecule is N[C@H]1C(=O)O[C@H](CO)[C@@H](O)[C@@H]1O. The van der Waals surface area contributed by atoms with Gasteiger partial charge >= 0.3 is 5.97 Å². The summed E-state index contributed by atoms with van der Waals surface area (Å²) in [5.41, 5.74) is 5.16. The molecule has 1 saturated heterocycles. The fourth-order valence-corrected chi connectivity index (χ4v) is 1.01. The van der Waals surface area contributed by atoms with Crippen LogP contribution in [0.3, 0.4) is 0 Å². The number of ether oxygens (including phenoxy) is 1. The van der Waals surface area contributed by atoms with Gasteiger partial charge in [-0.25, -0.2) is 0 Å². The monoisotopic (exact) mass is 177 g/mol. The van der Waals surface area contributed by atoms with E-state index in [1.807, 2.05) is 0 Å². The van der Waals surface area contributed by atoms with Crippen LogP contribution in [0.1, 0.15) is 0 Å². The lowest BCUT2D eigenvalue weighted by atomic mass is 9.99. The summed E-state index contributed by atoms with van der Waals surface area (Å²) < 4.78 is 4.51. The van der Waals surface area contributed by atoms with Gasteiger partial charge in [0.15, 0.2) is 6.10 Å². The highest BCUT2D eigenvalue weighted by atomic mass is 16.6. The molecule has 1 aliphatic heterocycles. The topological polar surface area (TPSA) is 113 Å². The molecule has 0 aromatic heterocycles. The summed E-state index contributed by atoms with van der Waals surface area (Å²) in [6.07, 6.45) is -3.77. The van der Waals surface area contributed by atoms with Crippen LogP contribution >= 0.6 is 0 Å². The number of cyclic esters (lactones) is 1. The molecule has 5 N–H and O–H groups in total. The third-order valence-electron chi connectivity index (χ3n) is 1.82. The van der Waals surface area contributed by atoms with Gasteiger partial charge < -0.3 is 25.8 Å². The van der Waals surface area contributed by atoms with E-state index in [2.05, 4.69) is 4.74 Å². The molecular formula is C6H11NO5. The molecule has 0 unspecified atom stereocenters. The highest BCUT2D eigenvalue weighted by Crippen LogP contribution is 2.14. The maximum Gasteiger partial charge on any atom is 0.326 e. The molecule has 0 amide bonds. The summed E-state index contributed by atoms with van der Waals surface area (Å²) in [5.74, 6) is -0.813. The molecule has 0 spiro atoms. The van der Waals surface area contributed by atoms with Crippen molar-refractivity contribution in [3.8, 4) is 0 Å². The van der Waals surface area contributed by atoms with Crippen molar-refractivity contribution in [3.63, 3.8) is 0 Å². The number of esters is 1. The highest BCUT2D eigenvalue weighted by Gasteiger charge is 2.42. The summed E-state index contributed by atoms with van der Waals surface area (Å²) in [6, 6.07) is -1.23. The molecule has 1 fully saturated rings. The van der Waals surface area contributed by atoms with Crippen LogP contribution in [0.5, 0.6) is 0 Å². The molecule has 6 nitrogen and oxygen atoms in total. The van der Waals surface area contributed by atoms with E-state index in [0.717, 1.165) is 0 Å². The van der Waals surface area contributed by atoms with E-state index in [9.17, 15) is 4.79 Å². The van der Waals surface area contributed by atoms with Crippen molar-refractivity contribution in [3.05, 3.63) is 0 Å². The number of rotatable bonds is 1. The number of aliphatic hydroxyl groups is 3. The van der Waals surface area contributed by atoms with Crippen LogP contribution < -0.4 is 5.73 Å². The van der Waals surface area contributed by atoms with Gasteiger partial charge in [0.25, 0.3) is 0 Å². The third-order valence-corrected chi connectivity index (χ3v) is 1.82. The second-order valence-electron chi connectivity index (χ2n) is 2.66. The number of hydrogen-bond acceptors (Lipinski definition) is 6. The van der Waals surface area contributed by atoms with Crippen LogP contribution in [0.4, 0.5) is 0 Å². The van der Waals surface area contributed by atoms with E-state index >= 15 is 0 Å². The summed E-state index contributed by atoms with van der Waals surface area (Å²) in [5, 5.41) is 26.9. The fraction of sp³-hybridized carbons (Fsp3) is 0.833. The summed E-state index contributed by atoms with van der Waals surface area (Å²) in [6.45, 7) is -0.531. The summed E-state index contributed by atoms with van der Waals surface area (Å²) >= 11 is 0. The molecule has 70 valence electrons. The number of nitrogens with two attached hydrogens (primary N) is 1. The van der Waals surface area contributed by atoms with Crippen molar-refractivity contribution in [2.24, 2.45) is 5.73 Å². The minimum Gasteiger partial charge on any atom is -0.456 e. The Labute approximate surface area is 68.6 Å². The Morgan fingerprint density at radius 2 is 2.00 bits per heavy atom. The van der Waals surface area contributed by atoms with E-state index in [4.69, 9.17) is 21.1 Å². The molecule has 0 aromatic carbocycles. The van der Waals surface area contributed by atoms with Crippen LogP contribution in [0.15, 0.2) is 0 Å². The first-order valence-corrected chi connectivity index (χ1v) is 3.51. The molecule has 4 atom stereocenters. The average Bonchev–Trinajstić information content (AvgIpc) is 2.08. The second kappa shape index (κ2) is 3.36. The molecule has 1 heterocycles. The van der Waals surface area contributed by atoms with Crippen molar-refractivity contribution < 1.29 is 24.9 Å². The predicted octanol–water partition coefficient (Wildman–Crippen LogP) is -3.05. The van der Waals surface area contributed by atoms with E-state index in [1.165, 1.54) is 0 Å². The van der Waals surface area contributed by atoms with Crippen LogP contribution in [0.25, 0.3) is 0 Å². The Morgan fingerprint density at radius 3 is 2.50 bits per heavy atom. The Balaban J connectivity index is 2.70. The maximum atomic E-state index is 10.8. The van der Waals surface area contributed by atoms with Gasteiger partial charge in [0, 0.05) is 0 Å². The Morgan fingerprint density at radius 1 is 1.42 bits per heavy atom. The van der Waals surface area contributed by atoms with Gasteiger partial charge in [0.2, 0.25) is 0 Å². The van der Waals surface area contributed by atoms with Gasteiger partial charge in [0.05, 0.1) is 6.61 Å². The Kier molecular flexibility index (Phi) is 2.63. The van der Waals surface area contributed by atoms with Crippen LogP contribution in [0.2, 0.25) is 0 Å². The van der Waals surface area contributed by atoms with Crippen LogP contribution in [-0.4, -0.2) is 52.2 Å². The number of carbonyl (C=O) groups excluding carboxylic acids is 1. The molecule has 1 rings (SSSR count). The largest absolute Gasteiger partial charge is 0.456 e. The van der Waals surface area contributed by atoms with Crippen molar-refractivity contribution in [2.45, 2.75) is 24.4 Å². The molecule has 0 radical (unpaired) electrons. The van der Waals surface area contributed by atoms with Gasteiger partial charge in [0.1, 0.15) is 18.2 Å². The first-order chi connectivity index (χ1) is 5.57. The maximum absolute atomic E-state index is 10.8. The average molecular weight is 177 g/mol. The van der Waals surface area contributed by atoms with Gasteiger partial charge in [-0.2, -0.15) is 0 Å².